The van der Waals surface area contributed by atoms with Crippen LogP contribution in [0.25, 0.3) is 0 Å². The smallest absolute Gasteiger partial charge is 0.151 e. The van der Waals surface area contributed by atoms with Crippen LogP contribution in [0.15, 0.2) is 0 Å². The summed E-state index contributed by atoms with van der Waals surface area (Å²) in [5.74, 6) is 0.688. The molecule has 1 atom stereocenters. The third-order valence-corrected chi connectivity index (χ3v) is 6.66. The molecule has 0 aliphatic carbocycles. The van der Waals surface area contributed by atoms with Gasteiger partial charge >= 0.3 is 0 Å². The monoisotopic (exact) mass is 318 g/mol. The Balaban J connectivity index is 2.69. The lowest BCUT2D eigenvalue weighted by atomic mass is 9.80. The summed E-state index contributed by atoms with van der Waals surface area (Å²) in [6, 6.07) is 0.196. The molecule has 0 aromatic rings. The normalized spacial score (nSPS) is 22.9. The summed E-state index contributed by atoms with van der Waals surface area (Å²) in [5, 5.41) is 3.63. The second-order valence-corrected chi connectivity index (χ2v) is 10.0. The van der Waals surface area contributed by atoms with Gasteiger partial charge in [-0.2, -0.15) is 0 Å². The van der Waals surface area contributed by atoms with Crippen LogP contribution in [0.5, 0.6) is 0 Å². The highest BCUT2D eigenvalue weighted by molar-refractivity contribution is 7.91. The highest BCUT2D eigenvalue weighted by atomic mass is 32.2. The first-order valence-electron chi connectivity index (χ1n) is 8.18. The molecule has 4 nitrogen and oxygen atoms in total. The van der Waals surface area contributed by atoms with Gasteiger partial charge in [-0.3, -0.25) is 0 Å². The predicted molar refractivity (Wildman–Crippen MR) is 90.5 cm³/mol. The Labute approximate surface area is 131 Å². The molecule has 126 valence electrons. The maximum absolute atomic E-state index is 11.7. The van der Waals surface area contributed by atoms with E-state index in [1.54, 1.807) is 0 Å². The van der Waals surface area contributed by atoms with Crippen LogP contribution in [0.4, 0.5) is 0 Å². The number of nitrogens with zero attached hydrogens (tertiary/aromatic N) is 1. The van der Waals surface area contributed by atoms with E-state index in [-0.39, 0.29) is 17.0 Å². The van der Waals surface area contributed by atoms with Crippen molar-refractivity contribution in [2.75, 3.05) is 31.6 Å². The lowest BCUT2D eigenvalue weighted by Gasteiger charge is -2.40. The molecule has 1 fully saturated rings. The lowest BCUT2D eigenvalue weighted by Crippen LogP contribution is -2.49. The molecule has 1 rings (SSSR count). The van der Waals surface area contributed by atoms with Gasteiger partial charge in [0.05, 0.1) is 11.5 Å². The number of rotatable bonds is 7. The molecular weight excluding hydrogens is 284 g/mol. The van der Waals surface area contributed by atoms with Gasteiger partial charge in [0, 0.05) is 24.7 Å². The van der Waals surface area contributed by atoms with E-state index in [0.717, 1.165) is 32.4 Å². The van der Waals surface area contributed by atoms with Crippen LogP contribution < -0.4 is 5.32 Å². The Hall–Kier alpha value is -0.130. The van der Waals surface area contributed by atoms with E-state index in [1.165, 1.54) is 0 Å². The first-order chi connectivity index (χ1) is 9.52. The van der Waals surface area contributed by atoms with Crippen LogP contribution in [-0.2, 0) is 9.84 Å². The fourth-order valence-electron chi connectivity index (χ4n) is 3.01. The third kappa shape index (κ3) is 5.87. The zero-order chi connectivity index (χ0) is 16.3. The zero-order valence-corrected chi connectivity index (χ0v) is 15.5. The summed E-state index contributed by atoms with van der Waals surface area (Å²) in [7, 11) is -0.716. The highest BCUT2D eigenvalue weighted by Crippen LogP contribution is 2.29. The van der Waals surface area contributed by atoms with Gasteiger partial charge in [0.1, 0.15) is 0 Å². The Kier molecular flexibility index (Phi) is 6.28. The van der Waals surface area contributed by atoms with Gasteiger partial charge < -0.3 is 10.2 Å². The SMILES string of the molecule is CCC(CC)(CNC(C)(C)C)CN(C)C1CCS(=O)(=O)C1. The second kappa shape index (κ2) is 6.97. The Bertz CT molecular complexity index is 422. The topological polar surface area (TPSA) is 49.4 Å². The van der Waals surface area contributed by atoms with Crippen molar-refractivity contribution < 1.29 is 8.42 Å². The first-order valence-corrected chi connectivity index (χ1v) is 10.0. The van der Waals surface area contributed by atoms with Crippen molar-refractivity contribution in [1.29, 1.82) is 0 Å². The minimum Gasteiger partial charge on any atom is -0.311 e. The minimum atomic E-state index is -2.80. The fourth-order valence-corrected chi connectivity index (χ4v) is 4.82. The number of hydrogen-bond acceptors (Lipinski definition) is 4. The summed E-state index contributed by atoms with van der Waals surface area (Å²) in [5.41, 5.74) is 0.333. The van der Waals surface area contributed by atoms with Crippen molar-refractivity contribution in [2.45, 2.75) is 65.5 Å². The zero-order valence-electron chi connectivity index (χ0n) is 14.7. The molecule has 0 radical (unpaired) electrons. The second-order valence-electron chi connectivity index (χ2n) is 7.78. The van der Waals surface area contributed by atoms with Crippen molar-refractivity contribution in [2.24, 2.45) is 5.41 Å². The summed E-state index contributed by atoms with van der Waals surface area (Å²) >= 11 is 0. The average molecular weight is 319 g/mol. The molecule has 1 heterocycles. The van der Waals surface area contributed by atoms with Crippen LogP contribution >= 0.6 is 0 Å². The van der Waals surface area contributed by atoms with Gasteiger partial charge in [0.15, 0.2) is 9.84 Å². The molecule has 1 saturated heterocycles. The maximum Gasteiger partial charge on any atom is 0.151 e. The Morgan fingerprint density at radius 3 is 2.14 bits per heavy atom. The maximum atomic E-state index is 11.7. The van der Waals surface area contributed by atoms with E-state index in [0.29, 0.717) is 11.5 Å². The summed E-state index contributed by atoms with van der Waals surface area (Å²) in [6.07, 6.45) is 3.00. The van der Waals surface area contributed by atoms with Crippen LogP contribution in [-0.4, -0.2) is 56.5 Å². The molecule has 5 heteroatoms. The minimum absolute atomic E-state index is 0.116. The van der Waals surface area contributed by atoms with Gasteiger partial charge in [-0.05, 0) is 52.5 Å². The molecule has 0 aromatic carbocycles. The van der Waals surface area contributed by atoms with Gasteiger partial charge in [0.25, 0.3) is 0 Å². The number of sulfone groups is 1. The molecule has 0 aromatic heterocycles. The van der Waals surface area contributed by atoms with E-state index < -0.39 is 9.84 Å². The molecule has 1 aliphatic heterocycles. The molecule has 1 N–H and O–H groups in total. The molecule has 0 bridgehead atoms. The average Bonchev–Trinajstić information content (AvgIpc) is 2.74. The van der Waals surface area contributed by atoms with E-state index in [4.69, 9.17) is 0 Å². The van der Waals surface area contributed by atoms with Crippen LogP contribution in [0.2, 0.25) is 0 Å². The molecule has 0 saturated carbocycles. The molecule has 0 amide bonds. The predicted octanol–water partition coefficient (Wildman–Crippen LogP) is 2.30. The summed E-state index contributed by atoms with van der Waals surface area (Å²) in [6.45, 7) is 13.0. The quantitative estimate of drug-likeness (QED) is 0.782. The molecule has 0 spiro atoms. The van der Waals surface area contributed by atoms with Crippen LogP contribution in [0.3, 0.4) is 0 Å². The summed E-state index contributed by atoms with van der Waals surface area (Å²) in [4.78, 5) is 2.28. The Morgan fingerprint density at radius 2 is 1.76 bits per heavy atom. The van der Waals surface area contributed by atoms with Gasteiger partial charge in [-0.25, -0.2) is 8.42 Å². The van der Waals surface area contributed by atoms with Crippen molar-refractivity contribution in [3.05, 3.63) is 0 Å². The van der Waals surface area contributed by atoms with E-state index in [2.05, 4.69) is 51.9 Å². The summed E-state index contributed by atoms with van der Waals surface area (Å²) < 4.78 is 23.3. The van der Waals surface area contributed by atoms with Crippen molar-refractivity contribution in [3.63, 3.8) is 0 Å². The van der Waals surface area contributed by atoms with E-state index in [1.807, 2.05) is 0 Å². The van der Waals surface area contributed by atoms with Crippen molar-refractivity contribution >= 4 is 9.84 Å². The van der Waals surface area contributed by atoms with Crippen molar-refractivity contribution in [1.82, 2.24) is 10.2 Å². The van der Waals surface area contributed by atoms with Gasteiger partial charge in [-0.1, -0.05) is 13.8 Å². The highest BCUT2D eigenvalue weighted by Gasteiger charge is 2.35. The molecule has 21 heavy (non-hydrogen) atoms. The van der Waals surface area contributed by atoms with E-state index >= 15 is 0 Å². The van der Waals surface area contributed by atoms with E-state index in [9.17, 15) is 8.42 Å². The van der Waals surface area contributed by atoms with Crippen molar-refractivity contribution in [3.8, 4) is 0 Å². The number of hydrogen-bond donors (Lipinski definition) is 1. The molecule has 1 aliphatic rings. The fraction of sp³-hybridized carbons (Fsp3) is 1.00. The van der Waals surface area contributed by atoms with Gasteiger partial charge in [-0.15, -0.1) is 0 Å². The van der Waals surface area contributed by atoms with Crippen LogP contribution in [0, 0.1) is 5.41 Å². The lowest BCUT2D eigenvalue weighted by molar-refractivity contribution is 0.121. The number of nitrogens with one attached hydrogen (secondary N) is 1. The first kappa shape index (κ1) is 18.9. The van der Waals surface area contributed by atoms with Gasteiger partial charge in [0.2, 0.25) is 0 Å². The molecule has 1 unspecified atom stereocenters. The van der Waals surface area contributed by atoms with Crippen LogP contribution in [0.1, 0.15) is 53.9 Å². The Morgan fingerprint density at radius 1 is 1.19 bits per heavy atom. The standard InChI is InChI=1S/C16H34N2O2S/c1-7-16(8-2,12-17-15(3,4)5)13-18(6)14-9-10-21(19,20)11-14/h14,17H,7-13H2,1-6H3. The third-order valence-electron chi connectivity index (χ3n) is 4.91. The molecular formula is C16H34N2O2S. The largest absolute Gasteiger partial charge is 0.311 e.